The summed E-state index contributed by atoms with van der Waals surface area (Å²) in [6, 6.07) is -1.27. The van der Waals surface area contributed by atoms with E-state index >= 15 is 0 Å². The Balaban J connectivity index is 0. The summed E-state index contributed by atoms with van der Waals surface area (Å²) in [4.78, 5) is 45.5. The van der Waals surface area contributed by atoms with Gasteiger partial charge in [-0.1, -0.05) is 0 Å². The van der Waals surface area contributed by atoms with Crippen LogP contribution >= 0.6 is 0 Å². The fourth-order valence-corrected chi connectivity index (χ4v) is 1.97. The molecular weight excluding hydrogens is 368 g/mol. The van der Waals surface area contributed by atoms with Crippen molar-refractivity contribution in [1.82, 2.24) is 9.80 Å². The van der Waals surface area contributed by atoms with E-state index in [1.807, 2.05) is 0 Å². The summed E-state index contributed by atoms with van der Waals surface area (Å²) in [6.45, 7) is -1.40. The van der Waals surface area contributed by atoms with Crippen molar-refractivity contribution >= 4 is 23.9 Å². The van der Waals surface area contributed by atoms with Crippen LogP contribution in [0.4, 0.5) is 0 Å². The smallest absolute Gasteiger partial charge is 0.321 e. The summed E-state index contributed by atoms with van der Waals surface area (Å²) in [5.41, 5.74) is 9.81. The summed E-state index contributed by atoms with van der Waals surface area (Å²) in [5, 5.41) is 44.3. The first-order valence-corrected chi connectivity index (χ1v) is 7.94. The number of carboxylic acids is 4. The van der Waals surface area contributed by atoms with Gasteiger partial charge in [0.15, 0.2) is 0 Å². The van der Waals surface area contributed by atoms with Gasteiger partial charge in [-0.2, -0.15) is 0 Å². The second kappa shape index (κ2) is 15.9. The second-order valence-corrected chi connectivity index (χ2v) is 5.31. The van der Waals surface area contributed by atoms with E-state index < -0.39 is 56.2 Å². The van der Waals surface area contributed by atoms with Crippen LogP contribution in [0.15, 0.2) is 0 Å². The molecule has 0 heterocycles. The van der Waals surface area contributed by atoms with E-state index in [9.17, 15) is 19.2 Å². The van der Waals surface area contributed by atoms with Crippen molar-refractivity contribution in [3.05, 3.63) is 0 Å². The van der Waals surface area contributed by atoms with Crippen molar-refractivity contribution in [2.75, 3.05) is 52.4 Å². The summed E-state index contributed by atoms with van der Waals surface area (Å²) in [5.74, 6) is -5.15. The molecule has 0 aliphatic heterocycles. The van der Waals surface area contributed by atoms with Crippen LogP contribution in [-0.2, 0) is 19.2 Å². The average molecular weight is 396 g/mol. The fourth-order valence-electron chi connectivity index (χ4n) is 1.97. The minimum absolute atomic E-state index is 0.152. The molecule has 0 aromatic rings. The molecule has 0 rings (SSSR count). The van der Waals surface area contributed by atoms with Crippen LogP contribution in [0.2, 0.25) is 0 Å². The lowest BCUT2D eigenvalue weighted by molar-refractivity contribution is -0.149. The summed E-state index contributed by atoms with van der Waals surface area (Å²) >= 11 is 0. The van der Waals surface area contributed by atoms with Crippen LogP contribution in [0.25, 0.3) is 0 Å². The minimum atomic E-state index is -1.33. The van der Waals surface area contributed by atoms with Crippen LogP contribution in [0.1, 0.15) is 6.42 Å². The van der Waals surface area contributed by atoms with Crippen molar-refractivity contribution in [3.63, 3.8) is 0 Å². The molecule has 0 aromatic carbocycles. The van der Waals surface area contributed by atoms with Crippen molar-refractivity contribution in [2.45, 2.75) is 12.5 Å². The fraction of sp³-hybridized carbons (Fsp3) is 0.714. The molecule has 1 atom stereocenters. The number of carbonyl (C=O) groups is 4. The van der Waals surface area contributed by atoms with E-state index in [2.05, 4.69) is 0 Å². The van der Waals surface area contributed by atoms with E-state index in [1.54, 1.807) is 0 Å². The van der Waals surface area contributed by atoms with Gasteiger partial charge in [-0.25, -0.2) is 0 Å². The normalized spacial score (nSPS) is 11.6. The average Bonchev–Trinajstić information content (AvgIpc) is 2.55. The van der Waals surface area contributed by atoms with Crippen molar-refractivity contribution in [3.8, 4) is 0 Å². The number of hydrogen-bond acceptors (Lipinski definition) is 9. The van der Waals surface area contributed by atoms with Gasteiger partial charge in [-0.05, 0) is 6.42 Å². The maximum absolute atomic E-state index is 11.2. The second-order valence-electron chi connectivity index (χ2n) is 5.31. The minimum Gasteiger partial charge on any atom is -0.480 e. The quantitative estimate of drug-likeness (QED) is 0.152. The SMILES string of the molecule is NCCN.O=C(O)CN(CCN(CC(=O)O)C(CCO)C(=O)O)CC(=O)O. The van der Waals surface area contributed by atoms with Crippen LogP contribution in [-0.4, -0.2) is 118 Å². The maximum Gasteiger partial charge on any atom is 0.321 e. The standard InChI is InChI=1S/C12H20N2O9.C2H8N2/c15-4-1-8(12(22)23)14(7-11(20)21)3-2-13(5-9(16)17)6-10(18)19;3-1-2-4/h8,15H,1-7H2,(H,16,17)(H,18,19)(H,20,21)(H,22,23);1-4H2. The van der Waals surface area contributed by atoms with Gasteiger partial charge >= 0.3 is 23.9 Å². The van der Waals surface area contributed by atoms with Crippen molar-refractivity contribution < 1.29 is 44.7 Å². The number of rotatable bonds is 14. The Labute approximate surface area is 155 Å². The third-order valence-electron chi connectivity index (χ3n) is 3.05. The van der Waals surface area contributed by atoms with Crippen LogP contribution in [0, 0.1) is 0 Å². The van der Waals surface area contributed by atoms with Gasteiger partial charge in [0.1, 0.15) is 6.04 Å². The highest BCUT2D eigenvalue weighted by atomic mass is 16.4. The Morgan fingerprint density at radius 3 is 1.52 bits per heavy atom. The van der Waals surface area contributed by atoms with E-state index in [0.29, 0.717) is 13.1 Å². The highest BCUT2D eigenvalue weighted by molar-refractivity contribution is 5.75. The zero-order valence-corrected chi connectivity index (χ0v) is 14.9. The third kappa shape index (κ3) is 15.6. The summed E-state index contributed by atoms with van der Waals surface area (Å²) in [7, 11) is 0. The number of nitrogens with zero attached hydrogens (tertiary/aromatic N) is 2. The topological polar surface area (TPSA) is 228 Å². The monoisotopic (exact) mass is 396 g/mol. The molecule has 0 amide bonds. The van der Waals surface area contributed by atoms with Crippen LogP contribution < -0.4 is 11.5 Å². The molecule has 158 valence electrons. The lowest BCUT2D eigenvalue weighted by atomic mass is 10.1. The number of aliphatic hydroxyl groups is 1. The Morgan fingerprint density at radius 1 is 0.778 bits per heavy atom. The highest BCUT2D eigenvalue weighted by Crippen LogP contribution is 2.06. The van der Waals surface area contributed by atoms with Crippen molar-refractivity contribution in [2.24, 2.45) is 11.5 Å². The Hall–Kier alpha value is -2.32. The summed E-state index contributed by atoms with van der Waals surface area (Å²) < 4.78 is 0. The van der Waals surface area contributed by atoms with Gasteiger partial charge in [0.05, 0.1) is 19.6 Å². The zero-order valence-electron chi connectivity index (χ0n) is 14.9. The Morgan fingerprint density at radius 2 is 1.22 bits per heavy atom. The number of aliphatic hydroxyl groups excluding tert-OH is 1. The number of nitrogens with two attached hydrogens (primary N) is 2. The molecule has 1 unspecified atom stereocenters. The number of aliphatic carboxylic acids is 4. The molecule has 0 saturated heterocycles. The molecule has 0 radical (unpaired) electrons. The molecule has 0 bridgehead atoms. The van der Waals surface area contributed by atoms with Crippen LogP contribution in [0.3, 0.4) is 0 Å². The number of hydrogen-bond donors (Lipinski definition) is 7. The predicted octanol–water partition coefficient (Wildman–Crippen LogP) is -3.42. The molecule has 0 saturated carbocycles. The lowest BCUT2D eigenvalue weighted by Crippen LogP contribution is -2.48. The zero-order chi connectivity index (χ0) is 21.4. The molecule has 27 heavy (non-hydrogen) atoms. The molecule has 0 aliphatic rings. The lowest BCUT2D eigenvalue weighted by Gasteiger charge is -2.29. The number of carboxylic acid groups (broad SMARTS) is 4. The predicted molar refractivity (Wildman–Crippen MR) is 92.2 cm³/mol. The summed E-state index contributed by atoms with van der Waals surface area (Å²) in [6.07, 6.45) is -0.208. The first-order chi connectivity index (χ1) is 12.6. The van der Waals surface area contributed by atoms with Gasteiger partial charge < -0.3 is 37.0 Å². The van der Waals surface area contributed by atoms with Gasteiger partial charge in [-0.15, -0.1) is 0 Å². The van der Waals surface area contributed by atoms with E-state index in [-0.39, 0.29) is 19.5 Å². The molecule has 13 nitrogen and oxygen atoms in total. The van der Waals surface area contributed by atoms with Gasteiger partial charge in [0.2, 0.25) is 0 Å². The maximum atomic E-state index is 11.2. The third-order valence-corrected chi connectivity index (χ3v) is 3.05. The van der Waals surface area contributed by atoms with Gasteiger partial charge in [-0.3, -0.25) is 29.0 Å². The molecule has 13 heteroatoms. The highest BCUT2D eigenvalue weighted by Gasteiger charge is 2.27. The molecule has 0 fully saturated rings. The van der Waals surface area contributed by atoms with Crippen LogP contribution in [0.5, 0.6) is 0 Å². The van der Waals surface area contributed by atoms with E-state index in [1.165, 1.54) is 0 Å². The Bertz CT molecular complexity index is 458. The Kier molecular flexibility index (Phi) is 15.8. The first kappa shape index (κ1) is 26.9. The largest absolute Gasteiger partial charge is 0.480 e. The molecule has 9 N–H and O–H groups in total. The molecular formula is C14H28N4O9. The molecule has 0 spiro atoms. The molecule has 0 aliphatic carbocycles. The first-order valence-electron chi connectivity index (χ1n) is 7.94. The van der Waals surface area contributed by atoms with E-state index in [4.69, 9.17) is 37.0 Å². The van der Waals surface area contributed by atoms with Gasteiger partial charge in [0, 0.05) is 32.8 Å². The van der Waals surface area contributed by atoms with E-state index in [0.717, 1.165) is 9.80 Å². The molecule has 0 aromatic heterocycles. The van der Waals surface area contributed by atoms with Gasteiger partial charge in [0.25, 0.3) is 0 Å². The van der Waals surface area contributed by atoms with Crippen molar-refractivity contribution in [1.29, 1.82) is 0 Å².